The highest BCUT2D eigenvalue weighted by atomic mass is 35.5. The molecule has 0 aromatic heterocycles. The van der Waals surface area contributed by atoms with Gasteiger partial charge < -0.3 is 4.90 Å². The van der Waals surface area contributed by atoms with E-state index in [1.54, 1.807) is 24.3 Å². The molecule has 0 heterocycles. The summed E-state index contributed by atoms with van der Waals surface area (Å²) in [5, 5.41) is 0.560. The first kappa shape index (κ1) is 14.2. The van der Waals surface area contributed by atoms with E-state index in [9.17, 15) is 4.79 Å². The van der Waals surface area contributed by atoms with Crippen LogP contribution in [0.25, 0.3) is 0 Å². The van der Waals surface area contributed by atoms with Gasteiger partial charge in [-0.3, -0.25) is 4.79 Å². The number of benzene rings is 1. The van der Waals surface area contributed by atoms with Crippen LogP contribution in [0.1, 0.15) is 10.4 Å². The lowest BCUT2D eigenvalue weighted by Crippen LogP contribution is -1.99. The zero-order chi connectivity index (χ0) is 11.8. The van der Waals surface area contributed by atoms with Crippen LogP contribution < -0.4 is 0 Å². The van der Waals surface area contributed by atoms with Gasteiger partial charge in [-0.05, 0) is 39.6 Å². The van der Waals surface area contributed by atoms with Crippen LogP contribution in [0.4, 0.5) is 0 Å². The Hall–Kier alpha value is -0.795. The predicted octanol–water partition coefficient (Wildman–Crippen LogP) is 2.29. The smallest absolute Gasteiger partial charge is 0.154 e. The Morgan fingerprint density at radius 2 is 1.93 bits per heavy atom. The number of carbonyl (C=O) groups excluding carboxylic acids is 1. The van der Waals surface area contributed by atoms with Crippen molar-refractivity contribution in [1.82, 2.24) is 4.90 Å². The Kier molecular flexibility index (Phi) is 7.09. The molecule has 15 heavy (non-hydrogen) atoms. The summed E-state index contributed by atoms with van der Waals surface area (Å²) in [6, 6.07) is 6.75. The van der Waals surface area contributed by atoms with Crippen molar-refractivity contribution in [3.63, 3.8) is 0 Å². The molecule has 0 saturated carbocycles. The summed E-state index contributed by atoms with van der Waals surface area (Å²) in [4.78, 5) is 13.0. The standard InChI is InChI=1S/C8H6BClO.C3H9N/c9-5-8(11)6-2-1-3-7(10)4-6;1-4(2)3/h1-4H,5H2;1-3H3. The molecule has 0 saturated heterocycles. The number of rotatable bonds is 2. The number of nitrogens with zero attached hydrogens (tertiary/aromatic N) is 1. The van der Waals surface area contributed by atoms with E-state index in [-0.39, 0.29) is 12.1 Å². The van der Waals surface area contributed by atoms with Gasteiger partial charge >= 0.3 is 0 Å². The molecule has 2 nitrogen and oxygen atoms in total. The number of halogens is 1. The maximum absolute atomic E-state index is 11.0. The summed E-state index contributed by atoms with van der Waals surface area (Å²) in [5.74, 6) is -0.0903. The molecule has 2 radical (unpaired) electrons. The maximum Gasteiger partial charge on any atom is 0.154 e. The van der Waals surface area contributed by atoms with E-state index in [1.807, 2.05) is 26.0 Å². The minimum atomic E-state index is -0.0903. The zero-order valence-electron chi connectivity index (χ0n) is 9.33. The molecule has 0 aliphatic heterocycles. The van der Waals surface area contributed by atoms with E-state index in [0.717, 1.165) is 0 Å². The Labute approximate surface area is 97.6 Å². The highest BCUT2D eigenvalue weighted by Gasteiger charge is 2.01. The van der Waals surface area contributed by atoms with E-state index >= 15 is 0 Å². The normalized spacial score (nSPS) is 9.40. The van der Waals surface area contributed by atoms with Crippen molar-refractivity contribution in [2.45, 2.75) is 6.32 Å². The second-order valence-electron chi connectivity index (χ2n) is 3.48. The molecule has 0 aliphatic carbocycles. The van der Waals surface area contributed by atoms with Crippen LogP contribution >= 0.6 is 11.6 Å². The zero-order valence-corrected chi connectivity index (χ0v) is 10.1. The molecule has 1 rings (SSSR count). The first-order chi connectivity index (χ1) is 6.97. The average Bonchev–Trinajstić information content (AvgIpc) is 2.16. The molecule has 80 valence electrons. The van der Waals surface area contributed by atoms with Gasteiger partial charge in [-0.2, -0.15) is 0 Å². The molecule has 1 aromatic carbocycles. The molecule has 0 N–H and O–H groups in total. The molecule has 0 amide bonds. The summed E-state index contributed by atoms with van der Waals surface area (Å²) >= 11 is 5.65. The number of Topliss-reactive ketones (excluding diaryl/α,β-unsaturated/α-hetero) is 1. The fraction of sp³-hybridized carbons (Fsp3) is 0.364. The summed E-state index contributed by atoms with van der Waals surface area (Å²) in [6.45, 7) is 0. The molecule has 0 unspecified atom stereocenters. The molecule has 0 bridgehead atoms. The van der Waals surface area contributed by atoms with Gasteiger partial charge in [-0.25, -0.2) is 0 Å². The van der Waals surface area contributed by atoms with Crippen molar-refractivity contribution in [1.29, 1.82) is 0 Å². The highest BCUT2D eigenvalue weighted by molar-refractivity contribution is 6.31. The summed E-state index contributed by atoms with van der Waals surface area (Å²) in [5.41, 5.74) is 0.569. The second kappa shape index (κ2) is 7.49. The Morgan fingerprint density at radius 3 is 2.33 bits per heavy atom. The molecule has 4 heteroatoms. The molecular weight excluding hydrogens is 208 g/mol. The maximum atomic E-state index is 11.0. The Morgan fingerprint density at radius 1 is 1.40 bits per heavy atom. The van der Waals surface area contributed by atoms with E-state index in [4.69, 9.17) is 19.4 Å². The minimum absolute atomic E-state index is 0.0281. The predicted molar refractivity (Wildman–Crippen MR) is 66.0 cm³/mol. The van der Waals surface area contributed by atoms with Crippen LogP contribution in [0.3, 0.4) is 0 Å². The number of ketones is 1. The number of carbonyl (C=O) groups is 1. The average molecular weight is 224 g/mol. The van der Waals surface area contributed by atoms with Gasteiger partial charge in [0.2, 0.25) is 0 Å². The largest absolute Gasteiger partial charge is 0.312 e. The van der Waals surface area contributed by atoms with Crippen molar-refractivity contribution in [2.24, 2.45) is 0 Å². The lowest BCUT2D eigenvalue weighted by atomic mass is 9.96. The van der Waals surface area contributed by atoms with Gasteiger partial charge in [0.05, 0.1) is 7.85 Å². The van der Waals surface area contributed by atoms with Crippen molar-refractivity contribution in [3.8, 4) is 0 Å². The SMILES string of the molecule is CN(C)C.[B]CC(=O)c1cccc(Cl)c1. The fourth-order valence-corrected chi connectivity index (χ4v) is 0.970. The van der Waals surface area contributed by atoms with Crippen molar-refractivity contribution in [3.05, 3.63) is 34.9 Å². The lowest BCUT2D eigenvalue weighted by molar-refractivity contribution is 0.101. The molecule has 0 aliphatic rings. The van der Waals surface area contributed by atoms with Gasteiger partial charge in [0.1, 0.15) is 0 Å². The van der Waals surface area contributed by atoms with Gasteiger partial charge in [0.15, 0.2) is 5.78 Å². The molecule has 0 fully saturated rings. The van der Waals surface area contributed by atoms with Crippen molar-refractivity contribution < 1.29 is 4.79 Å². The van der Waals surface area contributed by atoms with Crippen LogP contribution in [0.5, 0.6) is 0 Å². The van der Waals surface area contributed by atoms with Crippen LogP contribution in [0, 0.1) is 0 Å². The molecule has 1 aromatic rings. The van der Waals surface area contributed by atoms with E-state index in [1.165, 1.54) is 0 Å². The summed E-state index contributed by atoms with van der Waals surface area (Å²) in [7, 11) is 11.2. The van der Waals surface area contributed by atoms with E-state index < -0.39 is 0 Å². The van der Waals surface area contributed by atoms with Gasteiger partial charge in [0, 0.05) is 10.6 Å². The lowest BCUT2D eigenvalue weighted by Gasteiger charge is -1.96. The van der Waals surface area contributed by atoms with Crippen LogP contribution in [-0.2, 0) is 0 Å². The third-order valence-corrected chi connectivity index (χ3v) is 1.57. The van der Waals surface area contributed by atoms with Crippen LogP contribution in [0.2, 0.25) is 11.3 Å². The summed E-state index contributed by atoms with van der Waals surface area (Å²) < 4.78 is 0. The van der Waals surface area contributed by atoms with Crippen LogP contribution in [-0.4, -0.2) is 39.7 Å². The van der Waals surface area contributed by atoms with Gasteiger partial charge in [0.25, 0.3) is 0 Å². The quantitative estimate of drug-likeness (QED) is 0.566. The molecule has 0 atom stereocenters. The third-order valence-electron chi connectivity index (χ3n) is 1.33. The fourth-order valence-electron chi connectivity index (χ4n) is 0.780. The monoisotopic (exact) mass is 223 g/mol. The van der Waals surface area contributed by atoms with Gasteiger partial charge in [-0.15, -0.1) is 0 Å². The second-order valence-corrected chi connectivity index (χ2v) is 3.92. The Balaban J connectivity index is 0.000000423. The first-order valence-corrected chi connectivity index (χ1v) is 4.95. The van der Waals surface area contributed by atoms with Crippen molar-refractivity contribution >= 4 is 25.2 Å². The van der Waals surface area contributed by atoms with E-state index in [2.05, 4.69) is 0 Å². The molecular formula is C11H15BClNO. The highest BCUT2D eigenvalue weighted by Crippen LogP contribution is 2.11. The topological polar surface area (TPSA) is 20.3 Å². The first-order valence-electron chi connectivity index (χ1n) is 4.57. The Bertz CT molecular complexity index is 312. The molecule has 0 spiro atoms. The summed E-state index contributed by atoms with van der Waals surface area (Å²) in [6.07, 6.45) is 0.0281. The van der Waals surface area contributed by atoms with Crippen molar-refractivity contribution in [2.75, 3.05) is 21.1 Å². The number of hydrogen-bond donors (Lipinski definition) is 0. The van der Waals surface area contributed by atoms with Crippen LogP contribution in [0.15, 0.2) is 24.3 Å². The third kappa shape index (κ3) is 7.17. The van der Waals surface area contributed by atoms with Gasteiger partial charge in [-0.1, -0.05) is 23.7 Å². The minimum Gasteiger partial charge on any atom is -0.312 e. The number of hydrogen-bond acceptors (Lipinski definition) is 2. The van der Waals surface area contributed by atoms with E-state index in [0.29, 0.717) is 10.6 Å².